The number of hydrogen-bond acceptors (Lipinski definition) is 3. The largest absolute Gasteiger partial charge is 0.494 e. The molecule has 1 aromatic rings. The first-order valence-electron chi connectivity index (χ1n) is 6.80. The van der Waals surface area contributed by atoms with Gasteiger partial charge in [0.2, 0.25) is 10.0 Å². The normalized spacial score (nSPS) is 23.6. The van der Waals surface area contributed by atoms with Crippen LogP contribution in [0.2, 0.25) is 0 Å². The first kappa shape index (κ1) is 15.3. The van der Waals surface area contributed by atoms with Gasteiger partial charge in [0, 0.05) is 12.1 Å². The van der Waals surface area contributed by atoms with Crippen molar-refractivity contribution in [1.82, 2.24) is 4.72 Å². The third-order valence-corrected chi connectivity index (χ3v) is 5.34. The van der Waals surface area contributed by atoms with E-state index in [1.165, 1.54) is 19.2 Å². The first-order chi connectivity index (χ1) is 9.44. The highest BCUT2D eigenvalue weighted by molar-refractivity contribution is 7.89. The minimum absolute atomic E-state index is 0.0357. The quantitative estimate of drug-likeness (QED) is 0.930. The fourth-order valence-corrected chi connectivity index (χ4v) is 3.96. The van der Waals surface area contributed by atoms with Crippen LogP contribution in [-0.2, 0) is 10.0 Å². The molecule has 0 spiro atoms. The Morgan fingerprint density at radius 1 is 1.30 bits per heavy atom. The molecule has 1 saturated carbocycles. The van der Waals surface area contributed by atoms with Gasteiger partial charge in [-0.3, -0.25) is 0 Å². The Morgan fingerprint density at radius 2 is 2.00 bits per heavy atom. The molecule has 6 heteroatoms. The van der Waals surface area contributed by atoms with Crippen molar-refractivity contribution in [2.24, 2.45) is 5.92 Å². The molecule has 1 aliphatic carbocycles. The average Bonchev–Trinajstić information content (AvgIpc) is 2.41. The summed E-state index contributed by atoms with van der Waals surface area (Å²) in [5.74, 6) is -0.317. The molecule has 0 aliphatic heterocycles. The maximum Gasteiger partial charge on any atom is 0.240 e. The van der Waals surface area contributed by atoms with Gasteiger partial charge < -0.3 is 4.74 Å². The Kier molecular flexibility index (Phi) is 4.65. The maximum absolute atomic E-state index is 13.3. The summed E-state index contributed by atoms with van der Waals surface area (Å²) in [7, 11) is -2.33. The molecule has 0 aromatic heterocycles. The van der Waals surface area contributed by atoms with E-state index in [1.807, 2.05) is 0 Å². The summed E-state index contributed by atoms with van der Waals surface area (Å²) in [6.45, 7) is 2.05. The predicted octanol–water partition coefficient (Wildman–Crippen LogP) is 2.69. The third kappa shape index (κ3) is 3.30. The van der Waals surface area contributed by atoms with Crippen LogP contribution < -0.4 is 9.46 Å². The lowest BCUT2D eigenvalue weighted by atomic mass is 9.87. The van der Waals surface area contributed by atoms with Crippen LogP contribution >= 0.6 is 0 Å². The minimum atomic E-state index is -3.64. The fourth-order valence-electron chi connectivity index (χ4n) is 2.57. The Balaban J connectivity index is 2.21. The molecule has 4 nitrogen and oxygen atoms in total. The Morgan fingerprint density at radius 3 is 2.65 bits per heavy atom. The molecule has 0 radical (unpaired) electrons. The molecule has 0 heterocycles. The van der Waals surface area contributed by atoms with Crippen molar-refractivity contribution in [2.75, 3.05) is 7.11 Å². The van der Waals surface area contributed by atoms with Gasteiger partial charge in [-0.1, -0.05) is 19.8 Å². The van der Waals surface area contributed by atoms with Crippen LogP contribution in [0.5, 0.6) is 5.75 Å². The van der Waals surface area contributed by atoms with Crippen LogP contribution in [0.1, 0.15) is 32.6 Å². The van der Waals surface area contributed by atoms with Crippen LogP contribution in [-0.4, -0.2) is 21.6 Å². The summed E-state index contributed by atoms with van der Waals surface area (Å²) in [6, 6.07) is 3.53. The number of benzene rings is 1. The van der Waals surface area contributed by atoms with E-state index in [0.29, 0.717) is 5.92 Å². The maximum atomic E-state index is 13.3. The van der Waals surface area contributed by atoms with Crippen molar-refractivity contribution in [3.05, 3.63) is 24.0 Å². The van der Waals surface area contributed by atoms with E-state index in [-0.39, 0.29) is 16.7 Å². The molecular formula is C14H20FNO3S. The lowest BCUT2D eigenvalue weighted by Gasteiger charge is -2.29. The molecule has 0 bridgehead atoms. The summed E-state index contributed by atoms with van der Waals surface area (Å²) < 4.78 is 45.6. The smallest absolute Gasteiger partial charge is 0.240 e. The van der Waals surface area contributed by atoms with Crippen molar-refractivity contribution >= 4 is 10.0 Å². The molecule has 2 atom stereocenters. The van der Waals surface area contributed by atoms with Gasteiger partial charge in [-0.05, 0) is 30.9 Å². The summed E-state index contributed by atoms with van der Waals surface area (Å²) in [6.07, 6.45) is 4.05. The van der Waals surface area contributed by atoms with E-state index in [4.69, 9.17) is 4.74 Å². The number of hydrogen-bond donors (Lipinski definition) is 1. The Bertz CT molecular complexity index is 574. The molecule has 0 amide bonds. The zero-order valence-corrected chi connectivity index (χ0v) is 12.5. The van der Waals surface area contributed by atoms with Gasteiger partial charge in [0.25, 0.3) is 0 Å². The summed E-state index contributed by atoms with van der Waals surface area (Å²) in [5, 5.41) is 0. The summed E-state index contributed by atoms with van der Waals surface area (Å²) in [5.41, 5.74) is 0. The third-order valence-electron chi connectivity index (χ3n) is 3.85. The number of nitrogens with one attached hydrogen (secondary N) is 1. The molecule has 1 N–H and O–H groups in total. The lowest BCUT2D eigenvalue weighted by Crippen LogP contribution is -2.40. The van der Waals surface area contributed by atoms with Crippen LogP contribution in [0.15, 0.2) is 23.1 Å². The lowest BCUT2D eigenvalue weighted by molar-refractivity contribution is 0.310. The van der Waals surface area contributed by atoms with E-state index >= 15 is 0 Å². The Hall–Kier alpha value is -1.14. The number of sulfonamides is 1. The molecule has 1 aromatic carbocycles. The van der Waals surface area contributed by atoms with E-state index in [0.717, 1.165) is 31.7 Å². The van der Waals surface area contributed by atoms with E-state index in [2.05, 4.69) is 11.6 Å². The van der Waals surface area contributed by atoms with E-state index in [1.54, 1.807) is 0 Å². The van der Waals surface area contributed by atoms with Crippen LogP contribution in [0, 0.1) is 11.7 Å². The fraction of sp³-hybridized carbons (Fsp3) is 0.571. The van der Waals surface area contributed by atoms with Crippen molar-refractivity contribution in [1.29, 1.82) is 0 Å². The second-order valence-electron chi connectivity index (χ2n) is 5.29. The van der Waals surface area contributed by atoms with Crippen LogP contribution in [0.25, 0.3) is 0 Å². The SMILES string of the molecule is COc1cc(S(=O)(=O)N[C@@H]2CCCC[C@@H]2C)ccc1F. The summed E-state index contributed by atoms with van der Waals surface area (Å²) >= 11 is 0. The van der Waals surface area contributed by atoms with Crippen molar-refractivity contribution in [2.45, 2.75) is 43.5 Å². The first-order valence-corrected chi connectivity index (χ1v) is 8.28. The number of methoxy groups -OCH3 is 1. The van der Waals surface area contributed by atoms with E-state index in [9.17, 15) is 12.8 Å². The molecule has 0 saturated heterocycles. The molecule has 2 rings (SSSR count). The van der Waals surface area contributed by atoms with Gasteiger partial charge in [0.05, 0.1) is 12.0 Å². The topological polar surface area (TPSA) is 55.4 Å². The van der Waals surface area contributed by atoms with Gasteiger partial charge in [-0.15, -0.1) is 0 Å². The Labute approximate surface area is 119 Å². The number of ether oxygens (including phenoxy) is 1. The highest BCUT2D eigenvalue weighted by Gasteiger charge is 2.27. The zero-order chi connectivity index (χ0) is 14.8. The molecule has 112 valence electrons. The molecule has 1 fully saturated rings. The molecule has 1 aliphatic rings. The standard InChI is InChI=1S/C14H20FNO3S/c1-10-5-3-4-6-13(10)16-20(17,18)11-7-8-12(15)14(9-11)19-2/h7-10,13,16H,3-6H2,1-2H3/t10-,13+/m0/s1. The predicted molar refractivity (Wildman–Crippen MR) is 74.7 cm³/mol. The van der Waals surface area contributed by atoms with Gasteiger partial charge in [-0.25, -0.2) is 17.5 Å². The summed E-state index contributed by atoms with van der Waals surface area (Å²) in [4.78, 5) is 0.0357. The number of rotatable bonds is 4. The molecule has 20 heavy (non-hydrogen) atoms. The van der Waals surface area contributed by atoms with Crippen LogP contribution in [0.3, 0.4) is 0 Å². The van der Waals surface area contributed by atoms with Gasteiger partial charge >= 0.3 is 0 Å². The van der Waals surface area contributed by atoms with Crippen molar-refractivity contribution < 1.29 is 17.5 Å². The minimum Gasteiger partial charge on any atom is -0.494 e. The average molecular weight is 301 g/mol. The van der Waals surface area contributed by atoms with Crippen molar-refractivity contribution in [3.8, 4) is 5.75 Å². The second kappa shape index (κ2) is 6.10. The highest BCUT2D eigenvalue weighted by Crippen LogP contribution is 2.26. The zero-order valence-electron chi connectivity index (χ0n) is 11.7. The van der Waals surface area contributed by atoms with Crippen LogP contribution in [0.4, 0.5) is 4.39 Å². The number of halogens is 1. The molecule has 0 unspecified atom stereocenters. The van der Waals surface area contributed by atoms with Gasteiger partial charge in [-0.2, -0.15) is 0 Å². The van der Waals surface area contributed by atoms with E-state index < -0.39 is 15.8 Å². The molecular weight excluding hydrogens is 281 g/mol. The van der Waals surface area contributed by atoms with Gasteiger partial charge in [0.15, 0.2) is 11.6 Å². The van der Waals surface area contributed by atoms with Gasteiger partial charge in [0.1, 0.15) is 0 Å². The monoisotopic (exact) mass is 301 g/mol. The second-order valence-corrected chi connectivity index (χ2v) is 7.00. The highest BCUT2D eigenvalue weighted by atomic mass is 32.2. The van der Waals surface area contributed by atoms with Crippen molar-refractivity contribution in [3.63, 3.8) is 0 Å².